The van der Waals surface area contributed by atoms with Crippen molar-refractivity contribution in [2.24, 2.45) is 0 Å². The lowest BCUT2D eigenvalue weighted by molar-refractivity contribution is 0.188. The minimum Gasteiger partial charge on any atom is -0.362 e. The number of amides is 2. The van der Waals surface area contributed by atoms with Crippen molar-refractivity contribution in [3.8, 4) is 11.4 Å². The molecule has 2 aromatic rings. The Labute approximate surface area is 164 Å². The Morgan fingerprint density at radius 2 is 2.04 bits per heavy atom. The van der Waals surface area contributed by atoms with E-state index >= 15 is 0 Å². The summed E-state index contributed by atoms with van der Waals surface area (Å²) in [5.41, 5.74) is 2.56. The fourth-order valence-electron chi connectivity index (χ4n) is 4.03. The van der Waals surface area contributed by atoms with E-state index in [0.717, 1.165) is 29.9 Å². The summed E-state index contributed by atoms with van der Waals surface area (Å²) in [5.74, 6) is 0.994. The van der Waals surface area contributed by atoms with Gasteiger partial charge in [0.2, 0.25) is 0 Å². The van der Waals surface area contributed by atoms with Crippen LogP contribution >= 0.6 is 0 Å². The maximum absolute atomic E-state index is 13.6. The highest BCUT2D eigenvalue weighted by atomic mass is 19.1. The van der Waals surface area contributed by atoms with Gasteiger partial charge in [0, 0.05) is 44.2 Å². The molecular formula is C21H26FN5O. The Hall–Kier alpha value is -2.70. The van der Waals surface area contributed by atoms with E-state index in [2.05, 4.69) is 10.3 Å². The van der Waals surface area contributed by atoms with Crippen LogP contribution in [-0.2, 0) is 13.0 Å². The zero-order chi connectivity index (χ0) is 19.7. The molecule has 4 rings (SSSR count). The van der Waals surface area contributed by atoms with Gasteiger partial charge in [0.25, 0.3) is 0 Å². The molecule has 0 unspecified atom stereocenters. The van der Waals surface area contributed by atoms with E-state index in [1.54, 1.807) is 6.07 Å². The molecule has 1 aromatic carbocycles. The Morgan fingerprint density at radius 1 is 1.25 bits per heavy atom. The number of benzene rings is 1. The van der Waals surface area contributed by atoms with E-state index in [9.17, 15) is 9.18 Å². The highest BCUT2D eigenvalue weighted by molar-refractivity contribution is 5.75. The zero-order valence-corrected chi connectivity index (χ0v) is 16.4. The average molecular weight is 383 g/mol. The molecule has 0 spiro atoms. The molecule has 0 atom stereocenters. The third-order valence-corrected chi connectivity index (χ3v) is 5.51. The first-order valence-corrected chi connectivity index (χ1v) is 9.90. The number of halogens is 1. The molecule has 1 aromatic heterocycles. The molecule has 28 heavy (non-hydrogen) atoms. The molecule has 148 valence electrons. The predicted octanol–water partition coefficient (Wildman–Crippen LogP) is 3.36. The molecule has 6 nitrogen and oxygen atoms in total. The number of fused-ring (bicyclic) bond motifs is 1. The summed E-state index contributed by atoms with van der Waals surface area (Å²) < 4.78 is 13.6. The van der Waals surface area contributed by atoms with Gasteiger partial charge in [-0.3, -0.25) is 0 Å². The third kappa shape index (κ3) is 3.79. The molecule has 1 fully saturated rings. The topological polar surface area (TPSA) is 61.4 Å². The molecule has 2 amide bonds. The smallest absolute Gasteiger partial charge is 0.317 e. The van der Waals surface area contributed by atoms with Gasteiger partial charge < -0.3 is 15.1 Å². The van der Waals surface area contributed by atoms with Crippen LogP contribution in [0.4, 0.5) is 15.0 Å². The molecule has 1 saturated carbocycles. The van der Waals surface area contributed by atoms with Gasteiger partial charge in [0.15, 0.2) is 5.82 Å². The Kier molecular flexibility index (Phi) is 5.15. The standard InChI is InChI=1S/C21H26FN5O/c1-26(2)20-17-13-27(21(28)23-16-8-3-4-9-16)11-10-18(17)24-19(25-20)14-6-5-7-15(22)12-14/h5-7,12,16H,3-4,8-11,13H2,1-2H3,(H,23,28). The summed E-state index contributed by atoms with van der Waals surface area (Å²) in [6.45, 7) is 1.11. The highest BCUT2D eigenvalue weighted by Gasteiger charge is 2.28. The number of rotatable bonds is 3. The van der Waals surface area contributed by atoms with E-state index < -0.39 is 0 Å². The molecule has 7 heteroatoms. The second-order valence-electron chi connectivity index (χ2n) is 7.80. The van der Waals surface area contributed by atoms with E-state index in [-0.39, 0.29) is 11.8 Å². The highest BCUT2D eigenvalue weighted by Crippen LogP contribution is 2.29. The van der Waals surface area contributed by atoms with Crippen LogP contribution in [0.15, 0.2) is 24.3 Å². The Morgan fingerprint density at radius 3 is 2.75 bits per heavy atom. The van der Waals surface area contributed by atoms with Crippen LogP contribution in [0.2, 0.25) is 0 Å². The van der Waals surface area contributed by atoms with Crippen LogP contribution < -0.4 is 10.2 Å². The molecule has 1 aliphatic heterocycles. The second kappa shape index (κ2) is 7.73. The van der Waals surface area contributed by atoms with Gasteiger partial charge >= 0.3 is 6.03 Å². The number of carbonyl (C=O) groups is 1. The zero-order valence-electron chi connectivity index (χ0n) is 16.4. The quantitative estimate of drug-likeness (QED) is 0.883. The van der Waals surface area contributed by atoms with E-state index in [1.165, 1.54) is 25.0 Å². The SMILES string of the molecule is CN(C)c1nc(-c2cccc(F)c2)nc2c1CN(C(=O)NC1CCCC1)CC2. The molecule has 1 N–H and O–H groups in total. The van der Waals surface area contributed by atoms with Crippen molar-refractivity contribution in [3.63, 3.8) is 0 Å². The van der Waals surface area contributed by atoms with E-state index in [1.807, 2.05) is 30.0 Å². The summed E-state index contributed by atoms with van der Waals surface area (Å²) in [4.78, 5) is 25.9. The summed E-state index contributed by atoms with van der Waals surface area (Å²) in [7, 11) is 3.85. The molecule has 0 saturated heterocycles. The summed E-state index contributed by atoms with van der Waals surface area (Å²) in [6, 6.07) is 6.64. The number of aromatic nitrogens is 2. The van der Waals surface area contributed by atoms with Crippen LogP contribution in [0.5, 0.6) is 0 Å². The van der Waals surface area contributed by atoms with Crippen molar-refractivity contribution in [3.05, 3.63) is 41.3 Å². The molecular weight excluding hydrogens is 357 g/mol. The first kappa shape index (κ1) is 18.7. The molecule has 0 bridgehead atoms. The van der Waals surface area contributed by atoms with Gasteiger partial charge in [-0.1, -0.05) is 25.0 Å². The fourth-order valence-corrected chi connectivity index (χ4v) is 4.03. The molecule has 1 aliphatic carbocycles. The van der Waals surface area contributed by atoms with E-state index in [4.69, 9.17) is 4.98 Å². The summed E-state index contributed by atoms with van der Waals surface area (Å²) in [6.07, 6.45) is 5.18. The number of anilines is 1. The predicted molar refractivity (Wildman–Crippen MR) is 107 cm³/mol. The molecule has 2 heterocycles. The maximum atomic E-state index is 13.6. The summed E-state index contributed by atoms with van der Waals surface area (Å²) >= 11 is 0. The van der Waals surface area contributed by atoms with Gasteiger partial charge in [-0.15, -0.1) is 0 Å². The number of hydrogen-bond donors (Lipinski definition) is 1. The lowest BCUT2D eigenvalue weighted by atomic mass is 10.0. The first-order valence-electron chi connectivity index (χ1n) is 9.90. The van der Waals surface area contributed by atoms with Crippen molar-refractivity contribution >= 4 is 11.8 Å². The largest absolute Gasteiger partial charge is 0.362 e. The van der Waals surface area contributed by atoms with E-state index in [0.29, 0.717) is 36.9 Å². The number of nitrogens with zero attached hydrogens (tertiary/aromatic N) is 4. The van der Waals surface area contributed by atoms with Crippen LogP contribution in [0.3, 0.4) is 0 Å². The van der Waals surface area contributed by atoms with Gasteiger partial charge in [-0.25, -0.2) is 19.2 Å². The van der Waals surface area contributed by atoms with Crippen LogP contribution in [0.1, 0.15) is 36.9 Å². The lowest BCUT2D eigenvalue weighted by Gasteiger charge is -2.32. The van der Waals surface area contributed by atoms with Crippen molar-refractivity contribution in [1.29, 1.82) is 0 Å². The molecule has 2 aliphatic rings. The normalized spacial score (nSPS) is 16.8. The van der Waals surface area contributed by atoms with Crippen molar-refractivity contribution in [2.75, 3.05) is 25.5 Å². The first-order chi connectivity index (χ1) is 13.5. The third-order valence-electron chi connectivity index (χ3n) is 5.51. The Balaban J connectivity index is 1.61. The Bertz CT molecular complexity index is 879. The number of carbonyl (C=O) groups excluding carboxylic acids is 1. The van der Waals surface area contributed by atoms with Crippen LogP contribution in [0, 0.1) is 5.82 Å². The van der Waals surface area contributed by atoms with Crippen molar-refractivity contribution in [2.45, 2.75) is 44.7 Å². The van der Waals surface area contributed by atoms with Gasteiger partial charge in [-0.2, -0.15) is 0 Å². The maximum Gasteiger partial charge on any atom is 0.317 e. The summed E-state index contributed by atoms with van der Waals surface area (Å²) in [5, 5.41) is 3.16. The van der Waals surface area contributed by atoms with Gasteiger partial charge in [-0.05, 0) is 25.0 Å². The second-order valence-corrected chi connectivity index (χ2v) is 7.80. The number of hydrogen-bond acceptors (Lipinski definition) is 4. The lowest BCUT2D eigenvalue weighted by Crippen LogP contribution is -2.46. The number of nitrogens with one attached hydrogen (secondary N) is 1. The molecule has 0 radical (unpaired) electrons. The average Bonchev–Trinajstić information content (AvgIpc) is 3.19. The van der Waals surface area contributed by atoms with Gasteiger partial charge in [0.1, 0.15) is 11.6 Å². The van der Waals surface area contributed by atoms with Crippen LogP contribution in [-0.4, -0.2) is 47.6 Å². The van der Waals surface area contributed by atoms with Crippen molar-refractivity contribution < 1.29 is 9.18 Å². The van der Waals surface area contributed by atoms with Crippen molar-refractivity contribution in [1.82, 2.24) is 20.2 Å². The fraction of sp³-hybridized carbons (Fsp3) is 0.476. The monoisotopic (exact) mass is 383 g/mol. The van der Waals surface area contributed by atoms with Gasteiger partial charge in [0.05, 0.1) is 12.2 Å². The minimum absolute atomic E-state index is 0.00327. The van der Waals surface area contributed by atoms with Crippen LogP contribution in [0.25, 0.3) is 11.4 Å². The minimum atomic E-state index is -0.306. The number of urea groups is 1.